The minimum Gasteiger partial charge on any atom is -0.454 e. The Kier molecular flexibility index (Phi) is 9.75. The summed E-state index contributed by atoms with van der Waals surface area (Å²) >= 11 is 0. The summed E-state index contributed by atoms with van der Waals surface area (Å²) in [5, 5.41) is 11.6. The number of furan rings is 2. The molecule has 14 aromatic rings. The molecular formula is C68H48N2O2. The molecule has 4 nitrogen and oxygen atoms in total. The van der Waals surface area contributed by atoms with Gasteiger partial charge in [-0.3, -0.25) is 0 Å². The molecule has 0 atom stereocenters. The van der Waals surface area contributed by atoms with Crippen LogP contribution in [0.15, 0.2) is 239 Å². The number of benzene rings is 12. The van der Waals surface area contributed by atoms with Gasteiger partial charge in [0, 0.05) is 43.7 Å². The molecule has 2 aromatic heterocycles. The summed E-state index contributed by atoms with van der Waals surface area (Å²) < 4.78 is 13.9. The number of fused-ring (bicyclic) bond motifs is 6. The molecule has 342 valence electrons. The summed E-state index contributed by atoms with van der Waals surface area (Å²) in [6.07, 6.45) is 1.65. The van der Waals surface area contributed by atoms with E-state index in [0.29, 0.717) is 0 Å². The van der Waals surface area contributed by atoms with Crippen LogP contribution in [-0.2, 0) is 12.8 Å². The Hall–Kier alpha value is -9.12. The molecule has 0 fully saturated rings. The van der Waals surface area contributed by atoms with E-state index in [1.807, 2.05) is 0 Å². The van der Waals surface area contributed by atoms with Gasteiger partial charge >= 0.3 is 0 Å². The molecule has 0 aliphatic rings. The van der Waals surface area contributed by atoms with Gasteiger partial charge in [-0.2, -0.15) is 0 Å². The SMILES string of the molecule is CCc1ccc2c(oc3ccccc32)c1N(c1cccc(-c2ccccc2)c1)c1ccc2ccc3c(N(c4cccc(-c5ccccc5)c4)c4c(CC)ccc5c4oc4ccccc45)ccc4ccc1c2c43. The molecule has 4 heteroatoms. The first-order valence-corrected chi connectivity index (χ1v) is 25.1. The maximum Gasteiger partial charge on any atom is 0.159 e. The Morgan fingerprint density at radius 1 is 0.319 bits per heavy atom. The third-order valence-corrected chi connectivity index (χ3v) is 14.9. The average molecular weight is 925 g/mol. The minimum atomic E-state index is 0.825. The third-order valence-electron chi connectivity index (χ3n) is 14.9. The minimum absolute atomic E-state index is 0.825. The molecule has 0 bridgehead atoms. The number of hydrogen-bond acceptors (Lipinski definition) is 4. The highest BCUT2D eigenvalue weighted by Gasteiger charge is 2.28. The van der Waals surface area contributed by atoms with Crippen LogP contribution in [-0.4, -0.2) is 0 Å². The van der Waals surface area contributed by atoms with E-state index >= 15 is 0 Å². The second-order valence-electron chi connectivity index (χ2n) is 18.9. The van der Waals surface area contributed by atoms with Crippen molar-refractivity contribution in [3.63, 3.8) is 0 Å². The molecule has 12 aromatic carbocycles. The molecule has 0 aliphatic carbocycles. The van der Waals surface area contributed by atoms with Crippen LogP contribution in [0.1, 0.15) is 25.0 Å². The lowest BCUT2D eigenvalue weighted by molar-refractivity contribution is 0.668. The van der Waals surface area contributed by atoms with E-state index in [-0.39, 0.29) is 0 Å². The van der Waals surface area contributed by atoms with Crippen LogP contribution in [0.4, 0.5) is 34.1 Å². The number of anilines is 6. The monoisotopic (exact) mass is 924 g/mol. The van der Waals surface area contributed by atoms with Crippen LogP contribution < -0.4 is 9.80 Å². The topological polar surface area (TPSA) is 32.8 Å². The van der Waals surface area contributed by atoms with Gasteiger partial charge in [-0.1, -0.05) is 196 Å². The summed E-state index contributed by atoms with van der Waals surface area (Å²) in [6.45, 7) is 4.49. The summed E-state index contributed by atoms with van der Waals surface area (Å²) in [6, 6.07) is 83.8. The predicted octanol–water partition coefficient (Wildman–Crippen LogP) is 19.8. The second kappa shape index (κ2) is 16.8. The summed E-state index contributed by atoms with van der Waals surface area (Å²) in [4.78, 5) is 4.94. The van der Waals surface area contributed by atoms with E-state index in [9.17, 15) is 0 Å². The standard InChI is InChI=1S/C68H48N2O2/c1-3-43-29-35-55-53-25-11-13-27-61(53)71-67(55)65(43)69(51-23-15-21-49(41-51)45-17-7-5-8-18-45)59-39-33-47-32-38-58-60(40-34-48-31-37-57(59)63(47)64(48)58)70(52-24-16-22-50(42-52)46-19-9-6-10-20-46)66-44(4-2)30-36-56-54-26-12-14-28-62(54)72-68(56)66/h5-42H,3-4H2,1-2H3. The fourth-order valence-electron chi connectivity index (χ4n) is 11.5. The van der Waals surface area contributed by atoms with Crippen molar-refractivity contribution in [3.05, 3.63) is 242 Å². The summed E-state index contributed by atoms with van der Waals surface area (Å²) in [7, 11) is 0. The molecule has 72 heavy (non-hydrogen) atoms. The Balaban J connectivity index is 1.06. The molecule has 0 spiro atoms. The maximum absolute atomic E-state index is 6.97. The van der Waals surface area contributed by atoms with E-state index in [1.54, 1.807) is 0 Å². The van der Waals surface area contributed by atoms with Crippen molar-refractivity contribution < 1.29 is 8.83 Å². The first-order valence-electron chi connectivity index (χ1n) is 25.1. The van der Waals surface area contributed by atoms with Crippen molar-refractivity contribution in [2.45, 2.75) is 26.7 Å². The average Bonchev–Trinajstić information content (AvgIpc) is 4.03. The van der Waals surface area contributed by atoms with Crippen LogP contribution in [0.3, 0.4) is 0 Å². The Morgan fingerprint density at radius 2 is 0.708 bits per heavy atom. The fraction of sp³-hybridized carbons (Fsp3) is 0.0588. The molecule has 0 aliphatic heterocycles. The Bertz CT molecular complexity index is 4090. The highest BCUT2D eigenvalue weighted by atomic mass is 16.3. The van der Waals surface area contributed by atoms with Gasteiger partial charge in [0.15, 0.2) is 11.2 Å². The van der Waals surface area contributed by atoms with Crippen LogP contribution in [0.25, 0.3) is 98.4 Å². The third kappa shape index (κ3) is 6.53. The van der Waals surface area contributed by atoms with E-state index in [0.717, 1.165) is 113 Å². The lowest BCUT2D eigenvalue weighted by Crippen LogP contribution is -2.14. The van der Waals surface area contributed by atoms with Crippen molar-refractivity contribution in [3.8, 4) is 22.3 Å². The Labute approximate surface area is 417 Å². The molecule has 14 rings (SSSR count). The van der Waals surface area contributed by atoms with Crippen molar-refractivity contribution in [1.82, 2.24) is 0 Å². The first-order chi connectivity index (χ1) is 35.6. The van der Waals surface area contributed by atoms with Gasteiger partial charge in [-0.15, -0.1) is 0 Å². The van der Waals surface area contributed by atoms with Crippen molar-refractivity contribution >= 4 is 110 Å². The summed E-state index contributed by atoms with van der Waals surface area (Å²) in [5.74, 6) is 0. The zero-order valence-corrected chi connectivity index (χ0v) is 40.1. The molecular weight excluding hydrogens is 877 g/mol. The Morgan fingerprint density at radius 3 is 1.15 bits per heavy atom. The number of rotatable bonds is 10. The first kappa shape index (κ1) is 41.8. The quantitative estimate of drug-likeness (QED) is 0.128. The van der Waals surface area contributed by atoms with Gasteiger partial charge < -0.3 is 18.6 Å². The second-order valence-corrected chi connectivity index (χ2v) is 18.9. The molecule has 0 radical (unpaired) electrons. The van der Waals surface area contributed by atoms with Crippen LogP contribution in [0.5, 0.6) is 0 Å². The maximum atomic E-state index is 6.97. The lowest BCUT2D eigenvalue weighted by atomic mass is 9.91. The highest BCUT2D eigenvalue weighted by Crippen LogP contribution is 2.52. The van der Waals surface area contributed by atoms with Gasteiger partial charge in [0.05, 0.1) is 22.7 Å². The number of nitrogens with zero attached hydrogens (tertiary/aromatic N) is 2. The molecule has 0 amide bonds. The van der Waals surface area contributed by atoms with Crippen LogP contribution in [0.2, 0.25) is 0 Å². The zero-order valence-electron chi connectivity index (χ0n) is 40.1. The molecule has 0 N–H and O–H groups in total. The zero-order chi connectivity index (χ0) is 47.9. The highest BCUT2D eigenvalue weighted by molar-refractivity contribution is 6.29. The number of hydrogen-bond donors (Lipinski definition) is 0. The lowest BCUT2D eigenvalue weighted by Gasteiger charge is -2.31. The molecule has 2 heterocycles. The number of para-hydroxylation sites is 2. The van der Waals surface area contributed by atoms with E-state index in [4.69, 9.17) is 8.83 Å². The van der Waals surface area contributed by atoms with Gasteiger partial charge in [-0.05, 0) is 116 Å². The van der Waals surface area contributed by atoms with Crippen molar-refractivity contribution in [1.29, 1.82) is 0 Å². The molecule has 0 saturated carbocycles. The van der Waals surface area contributed by atoms with E-state index in [2.05, 4.69) is 254 Å². The normalized spacial score (nSPS) is 11.9. The number of aryl methyl sites for hydroxylation is 2. The van der Waals surface area contributed by atoms with Gasteiger partial charge in [0.2, 0.25) is 0 Å². The fourth-order valence-corrected chi connectivity index (χ4v) is 11.5. The van der Waals surface area contributed by atoms with Crippen LogP contribution in [0, 0.1) is 0 Å². The van der Waals surface area contributed by atoms with Gasteiger partial charge in [0.25, 0.3) is 0 Å². The van der Waals surface area contributed by atoms with Crippen molar-refractivity contribution in [2.75, 3.05) is 9.80 Å². The van der Waals surface area contributed by atoms with Crippen LogP contribution >= 0.6 is 0 Å². The van der Waals surface area contributed by atoms with Crippen molar-refractivity contribution in [2.24, 2.45) is 0 Å². The van der Waals surface area contributed by atoms with E-state index < -0.39 is 0 Å². The van der Waals surface area contributed by atoms with E-state index in [1.165, 1.54) is 43.8 Å². The molecule has 0 saturated heterocycles. The molecule has 0 unspecified atom stereocenters. The summed E-state index contributed by atoms with van der Waals surface area (Å²) in [5.41, 5.74) is 17.0. The smallest absolute Gasteiger partial charge is 0.159 e. The van der Waals surface area contributed by atoms with Gasteiger partial charge in [0.1, 0.15) is 11.2 Å². The predicted molar refractivity (Wildman–Crippen MR) is 304 cm³/mol. The van der Waals surface area contributed by atoms with Gasteiger partial charge in [-0.25, -0.2) is 0 Å². The largest absolute Gasteiger partial charge is 0.454 e.